The molecule has 1 heterocycles. The lowest BCUT2D eigenvalue weighted by molar-refractivity contribution is 0.318. The van der Waals surface area contributed by atoms with Gasteiger partial charge in [0.1, 0.15) is 10.8 Å². The van der Waals surface area contributed by atoms with Crippen molar-refractivity contribution < 1.29 is 9.94 Å². The fourth-order valence-corrected chi connectivity index (χ4v) is 1.64. The number of hydrogen-bond donors (Lipinski definition) is 2. The maximum absolute atomic E-state index is 8.69. The number of ether oxygens (including phenoxy) is 1. The van der Waals surface area contributed by atoms with Crippen LogP contribution >= 0.6 is 23.2 Å². The van der Waals surface area contributed by atoms with E-state index in [1.54, 1.807) is 18.2 Å². The summed E-state index contributed by atoms with van der Waals surface area (Å²) >= 11 is 11.9. The third kappa shape index (κ3) is 2.86. The molecule has 0 radical (unpaired) electrons. The second-order valence-corrected chi connectivity index (χ2v) is 4.17. The Balaban J connectivity index is 2.42. The van der Waals surface area contributed by atoms with Crippen molar-refractivity contribution in [2.24, 2.45) is 10.9 Å². The Bertz CT molecular complexity index is 634. The van der Waals surface area contributed by atoms with E-state index in [4.69, 9.17) is 38.9 Å². The highest BCUT2D eigenvalue weighted by Crippen LogP contribution is 2.34. The molecule has 0 saturated heterocycles. The van der Waals surface area contributed by atoms with Gasteiger partial charge in [-0.1, -0.05) is 34.4 Å². The number of benzene rings is 1. The molecule has 0 aliphatic heterocycles. The van der Waals surface area contributed by atoms with Crippen LogP contribution in [0, 0.1) is 0 Å². The van der Waals surface area contributed by atoms with Crippen LogP contribution in [0.2, 0.25) is 10.0 Å². The lowest BCUT2D eigenvalue weighted by atomic mass is 10.3. The summed E-state index contributed by atoms with van der Waals surface area (Å²) in [4.78, 5) is 0. The van der Waals surface area contributed by atoms with Crippen LogP contribution in [0.25, 0.3) is 0 Å². The average molecular weight is 299 g/mol. The molecule has 19 heavy (non-hydrogen) atoms. The number of oxime groups is 1. The molecule has 0 fully saturated rings. The summed E-state index contributed by atoms with van der Waals surface area (Å²) < 4.78 is 5.48. The number of nitrogens with zero attached hydrogens (tertiary/aromatic N) is 3. The molecule has 2 rings (SSSR count). The number of hydrogen-bond acceptors (Lipinski definition) is 5. The Morgan fingerprint density at radius 3 is 2.84 bits per heavy atom. The highest BCUT2D eigenvalue weighted by molar-refractivity contribution is 6.42. The van der Waals surface area contributed by atoms with Gasteiger partial charge in [0.25, 0.3) is 0 Å². The molecule has 8 heteroatoms. The zero-order valence-electron chi connectivity index (χ0n) is 9.42. The molecule has 1 aromatic heterocycles. The Morgan fingerprint density at radius 1 is 1.32 bits per heavy atom. The summed E-state index contributed by atoms with van der Waals surface area (Å²) in [6.07, 6.45) is 1.39. The van der Waals surface area contributed by atoms with Crippen LogP contribution in [-0.2, 0) is 0 Å². The maximum Gasteiger partial charge on any atom is 0.250 e. The van der Waals surface area contributed by atoms with Crippen LogP contribution in [0.5, 0.6) is 11.6 Å². The minimum atomic E-state index is -0.150. The van der Waals surface area contributed by atoms with Gasteiger partial charge in [0, 0.05) is 0 Å². The van der Waals surface area contributed by atoms with Crippen molar-refractivity contribution in [2.45, 2.75) is 0 Å². The first-order chi connectivity index (χ1) is 9.13. The van der Waals surface area contributed by atoms with Crippen molar-refractivity contribution in [1.82, 2.24) is 10.2 Å². The van der Waals surface area contributed by atoms with E-state index in [0.717, 1.165) is 0 Å². The van der Waals surface area contributed by atoms with E-state index in [0.29, 0.717) is 10.8 Å². The van der Waals surface area contributed by atoms with E-state index in [1.807, 2.05) is 0 Å². The predicted molar refractivity (Wildman–Crippen MR) is 71.1 cm³/mol. The molecule has 0 aliphatic rings. The van der Waals surface area contributed by atoms with Gasteiger partial charge >= 0.3 is 0 Å². The van der Waals surface area contributed by atoms with Crippen LogP contribution < -0.4 is 10.5 Å². The molecular weight excluding hydrogens is 291 g/mol. The number of amidine groups is 1. The Hall–Kier alpha value is -2.05. The Labute approximate surface area is 118 Å². The summed E-state index contributed by atoms with van der Waals surface area (Å²) in [5, 5.41) is 19.6. The van der Waals surface area contributed by atoms with Crippen molar-refractivity contribution in [1.29, 1.82) is 0 Å². The first kappa shape index (κ1) is 13.4. The van der Waals surface area contributed by atoms with Gasteiger partial charge in [-0.3, -0.25) is 0 Å². The highest BCUT2D eigenvalue weighted by atomic mass is 35.5. The topological polar surface area (TPSA) is 93.6 Å². The molecule has 0 unspecified atom stereocenters. The highest BCUT2D eigenvalue weighted by Gasteiger charge is 2.13. The molecule has 0 spiro atoms. The van der Waals surface area contributed by atoms with Gasteiger partial charge in [0.05, 0.1) is 16.8 Å². The van der Waals surface area contributed by atoms with Crippen molar-refractivity contribution in [3.63, 3.8) is 0 Å². The van der Waals surface area contributed by atoms with E-state index < -0.39 is 0 Å². The first-order valence-electron chi connectivity index (χ1n) is 5.05. The molecule has 0 amide bonds. The predicted octanol–water partition coefficient (Wildman–Crippen LogP) is 2.67. The van der Waals surface area contributed by atoms with E-state index >= 15 is 0 Å². The van der Waals surface area contributed by atoms with Crippen molar-refractivity contribution in [3.05, 3.63) is 46.1 Å². The lowest BCUT2D eigenvalue weighted by Crippen LogP contribution is -2.15. The molecule has 0 bridgehead atoms. The van der Waals surface area contributed by atoms with Crippen molar-refractivity contribution >= 4 is 29.0 Å². The fraction of sp³-hybridized carbons (Fsp3) is 0. The second-order valence-electron chi connectivity index (χ2n) is 3.39. The zero-order chi connectivity index (χ0) is 13.8. The van der Waals surface area contributed by atoms with E-state index in [1.165, 1.54) is 12.3 Å². The molecule has 0 atom stereocenters. The number of nitrogens with two attached hydrogens (primary N) is 1. The maximum atomic E-state index is 8.69. The van der Waals surface area contributed by atoms with E-state index in [9.17, 15) is 0 Å². The van der Waals surface area contributed by atoms with Gasteiger partial charge in [0.2, 0.25) is 5.88 Å². The van der Waals surface area contributed by atoms with Gasteiger partial charge < -0.3 is 15.7 Å². The second kappa shape index (κ2) is 5.73. The van der Waals surface area contributed by atoms with Gasteiger partial charge in [-0.15, -0.1) is 5.10 Å². The SMILES string of the molecule is N/C(=N/O)c1ccnnc1Oc1cccc(Cl)c1Cl. The lowest BCUT2D eigenvalue weighted by Gasteiger charge is -2.09. The number of halogens is 2. The van der Waals surface area contributed by atoms with Crippen LogP contribution in [0.1, 0.15) is 5.56 Å². The minimum Gasteiger partial charge on any atom is -0.435 e. The number of aromatic nitrogens is 2. The number of rotatable bonds is 3. The molecule has 6 nitrogen and oxygen atoms in total. The third-order valence-corrected chi connectivity index (χ3v) is 2.99. The van der Waals surface area contributed by atoms with Gasteiger partial charge in [-0.05, 0) is 18.2 Å². The largest absolute Gasteiger partial charge is 0.435 e. The summed E-state index contributed by atoms with van der Waals surface area (Å²) in [6, 6.07) is 6.40. The molecule has 2 aromatic rings. The smallest absolute Gasteiger partial charge is 0.250 e. The monoisotopic (exact) mass is 298 g/mol. The quantitative estimate of drug-likeness (QED) is 0.393. The molecule has 98 valence electrons. The Morgan fingerprint density at radius 2 is 2.11 bits per heavy atom. The molecule has 1 aromatic carbocycles. The van der Waals surface area contributed by atoms with Gasteiger partial charge in [-0.25, -0.2) is 0 Å². The van der Waals surface area contributed by atoms with Crippen LogP contribution in [0.4, 0.5) is 0 Å². The van der Waals surface area contributed by atoms with Crippen LogP contribution in [0.3, 0.4) is 0 Å². The summed E-state index contributed by atoms with van der Waals surface area (Å²) in [7, 11) is 0. The molecule has 0 aliphatic carbocycles. The van der Waals surface area contributed by atoms with Crippen LogP contribution in [-0.4, -0.2) is 21.2 Å². The third-order valence-electron chi connectivity index (χ3n) is 2.19. The average Bonchev–Trinajstić information content (AvgIpc) is 2.43. The van der Waals surface area contributed by atoms with Crippen molar-refractivity contribution in [3.8, 4) is 11.6 Å². The van der Waals surface area contributed by atoms with E-state index in [2.05, 4.69) is 15.4 Å². The summed E-state index contributed by atoms with van der Waals surface area (Å²) in [5.74, 6) is 0.201. The standard InChI is InChI=1S/C11H8Cl2N4O2/c12-7-2-1-3-8(9(7)13)19-11-6(10(14)17-18)4-5-15-16-11/h1-5,18H,(H2,14,17). The van der Waals surface area contributed by atoms with E-state index in [-0.39, 0.29) is 22.3 Å². The van der Waals surface area contributed by atoms with Crippen LogP contribution in [0.15, 0.2) is 35.6 Å². The normalized spacial score (nSPS) is 11.4. The van der Waals surface area contributed by atoms with Crippen molar-refractivity contribution in [2.75, 3.05) is 0 Å². The summed E-state index contributed by atoms with van der Waals surface area (Å²) in [6.45, 7) is 0. The minimum absolute atomic E-state index is 0.0574. The molecular formula is C11H8Cl2N4O2. The fourth-order valence-electron chi connectivity index (χ4n) is 1.31. The van der Waals surface area contributed by atoms with Gasteiger partial charge in [0.15, 0.2) is 5.84 Å². The molecule has 0 saturated carbocycles. The molecule has 3 N–H and O–H groups in total. The summed E-state index contributed by atoms with van der Waals surface area (Å²) in [5.41, 5.74) is 5.80. The first-order valence-corrected chi connectivity index (χ1v) is 5.80. The van der Waals surface area contributed by atoms with Gasteiger partial charge in [-0.2, -0.15) is 5.10 Å². The Kier molecular flexibility index (Phi) is 4.03. The zero-order valence-corrected chi connectivity index (χ0v) is 10.9.